The average molecular weight is 565 g/mol. The number of halogens is 1. The largest absolute Gasteiger partial charge is 0.484 e. The standard InChI is InChI=1S/C28H25BrN2O4S/c1-21-10-16-27(17-11-21)36(33,34)31(19-22-6-3-2-4-7-22)25-12-14-26(15-13-25)35-20-28(32)30-24-9-5-8-23(29)18-24/h2-18H,19-20H2,1H3,(H,30,32). The first-order valence-electron chi connectivity index (χ1n) is 11.2. The number of benzene rings is 4. The number of sulfonamides is 1. The number of carbonyl (C=O) groups is 1. The van der Waals surface area contributed by atoms with E-state index in [9.17, 15) is 13.2 Å². The van der Waals surface area contributed by atoms with Crippen molar-refractivity contribution in [2.75, 3.05) is 16.2 Å². The highest BCUT2D eigenvalue weighted by molar-refractivity contribution is 9.10. The van der Waals surface area contributed by atoms with Crippen molar-refractivity contribution in [3.63, 3.8) is 0 Å². The molecule has 0 saturated heterocycles. The van der Waals surface area contributed by atoms with Crippen molar-refractivity contribution in [2.24, 2.45) is 0 Å². The van der Waals surface area contributed by atoms with Crippen LogP contribution in [0.25, 0.3) is 0 Å². The first-order valence-corrected chi connectivity index (χ1v) is 13.5. The Balaban J connectivity index is 1.51. The summed E-state index contributed by atoms with van der Waals surface area (Å²) in [5, 5.41) is 2.77. The number of aryl methyl sites for hydroxylation is 1. The van der Waals surface area contributed by atoms with Gasteiger partial charge >= 0.3 is 0 Å². The molecule has 0 radical (unpaired) electrons. The van der Waals surface area contributed by atoms with E-state index in [1.165, 1.54) is 4.31 Å². The van der Waals surface area contributed by atoms with Crippen molar-refractivity contribution in [3.8, 4) is 5.75 Å². The predicted molar refractivity (Wildman–Crippen MR) is 146 cm³/mol. The van der Waals surface area contributed by atoms with Gasteiger partial charge in [0.15, 0.2) is 6.61 Å². The van der Waals surface area contributed by atoms with Crippen LogP contribution in [0.5, 0.6) is 5.75 Å². The summed E-state index contributed by atoms with van der Waals surface area (Å²) in [5.41, 5.74) is 2.99. The second-order valence-corrected chi connectivity index (χ2v) is 10.9. The lowest BCUT2D eigenvalue weighted by molar-refractivity contribution is -0.118. The van der Waals surface area contributed by atoms with Gasteiger partial charge < -0.3 is 10.1 Å². The van der Waals surface area contributed by atoms with Crippen molar-refractivity contribution in [1.29, 1.82) is 0 Å². The summed E-state index contributed by atoms with van der Waals surface area (Å²) in [4.78, 5) is 12.5. The summed E-state index contributed by atoms with van der Waals surface area (Å²) in [6, 6.07) is 30.2. The third-order valence-corrected chi connectivity index (χ3v) is 7.66. The molecule has 0 aromatic heterocycles. The Bertz CT molecular complexity index is 1420. The molecule has 8 heteroatoms. The van der Waals surface area contributed by atoms with Crippen LogP contribution in [-0.2, 0) is 21.4 Å². The molecular formula is C28H25BrN2O4S. The summed E-state index contributed by atoms with van der Waals surface area (Å²) in [5.74, 6) is 0.153. The van der Waals surface area contributed by atoms with Gasteiger partial charge in [0, 0.05) is 10.2 Å². The molecular weight excluding hydrogens is 540 g/mol. The second-order valence-electron chi connectivity index (χ2n) is 8.15. The fraction of sp³-hybridized carbons (Fsp3) is 0.107. The minimum Gasteiger partial charge on any atom is -0.484 e. The van der Waals surface area contributed by atoms with Gasteiger partial charge in [-0.05, 0) is 67.1 Å². The molecule has 36 heavy (non-hydrogen) atoms. The van der Waals surface area contributed by atoms with Crippen LogP contribution in [-0.4, -0.2) is 20.9 Å². The van der Waals surface area contributed by atoms with Gasteiger partial charge in [0.25, 0.3) is 15.9 Å². The van der Waals surface area contributed by atoms with Crippen LogP contribution in [0.4, 0.5) is 11.4 Å². The zero-order chi connectivity index (χ0) is 25.5. The zero-order valence-electron chi connectivity index (χ0n) is 19.6. The van der Waals surface area contributed by atoms with Crippen molar-refractivity contribution in [1.82, 2.24) is 0 Å². The van der Waals surface area contributed by atoms with Crippen LogP contribution in [0, 0.1) is 6.92 Å². The summed E-state index contributed by atoms with van der Waals surface area (Å²) in [6.45, 7) is 1.91. The Morgan fingerprint density at radius 3 is 2.25 bits per heavy atom. The number of hydrogen-bond donors (Lipinski definition) is 1. The monoisotopic (exact) mass is 564 g/mol. The van der Waals surface area contributed by atoms with E-state index in [0.717, 1.165) is 15.6 Å². The van der Waals surface area contributed by atoms with E-state index < -0.39 is 10.0 Å². The van der Waals surface area contributed by atoms with E-state index in [4.69, 9.17) is 4.74 Å². The smallest absolute Gasteiger partial charge is 0.264 e. The van der Waals surface area contributed by atoms with Crippen LogP contribution in [0.15, 0.2) is 112 Å². The maximum atomic E-state index is 13.6. The van der Waals surface area contributed by atoms with Gasteiger partial charge in [-0.25, -0.2) is 8.42 Å². The van der Waals surface area contributed by atoms with Gasteiger partial charge in [-0.3, -0.25) is 9.10 Å². The lowest BCUT2D eigenvalue weighted by atomic mass is 10.2. The number of amides is 1. The predicted octanol–water partition coefficient (Wildman–Crippen LogP) is 6.17. The van der Waals surface area contributed by atoms with Gasteiger partial charge in [-0.2, -0.15) is 0 Å². The number of rotatable bonds is 9. The quantitative estimate of drug-likeness (QED) is 0.263. The molecule has 0 aliphatic rings. The average Bonchev–Trinajstić information content (AvgIpc) is 2.87. The molecule has 184 valence electrons. The van der Waals surface area contributed by atoms with Gasteiger partial charge in [-0.1, -0.05) is 70.0 Å². The van der Waals surface area contributed by atoms with E-state index >= 15 is 0 Å². The van der Waals surface area contributed by atoms with Crippen molar-refractivity contribution >= 4 is 43.2 Å². The lowest BCUT2D eigenvalue weighted by Crippen LogP contribution is -2.30. The van der Waals surface area contributed by atoms with Gasteiger partial charge in [-0.15, -0.1) is 0 Å². The third-order valence-electron chi connectivity index (χ3n) is 5.38. The number of ether oxygens (including phenoxy) is 1. The van der Waals surface area contributed by atoms with E-state index in [1.807, 2.05) is 49.4 Å². The maximum Gasteiger partial charge on any atom is 0.264 e. The molecule has 4 rings (SSSR count). The fourth-order valence-electron chi connectivity index (χ4n) is 3.52. The Labute approximate surface area is 219 Å². The first kappa shape index (κ1) is 25.5. The van der Waals surface area contributed by atoms with Crippen molar-refractivity contribution in [3.05, 3.63) is 119 Å². The number of anilines is 2. The van der Waals surface area contributed by atoms with E-state index in [-0.39, 0.29) is 24.0 Å². The Kier molecular flexibility index (Phi) is 8.07. The van der Waals surface area contributed by atoms with Crippen molar-refractivity contribution in [2.45, 2.75) is 18.4 Å². The second kappa shape index (κ2) is 11.4. The van der Waals surface area contributed by atoms with Crippen LogP contribution in [0.3, 0.4) is 0 Å². The summed E-state index contributed by atoms with van der Waals surface area (Å²) < 4.78 is 35.0. The molecule has 4 aromatic rings. The molecule has 0 aliphatic heterocycles. The lowest BCUT2D eigenvalue weighted by Gasteiger charge is -2.25. The van der Waals surface area contributed by atoms with Crippen LogP contribution in [0.2, 0.25) is 0 Å². The molecule has 0 aliphatic carbocycles. The Hall–Kier alpha value is -3.62. The summed E-state index contributed by atoms with van der Waals surface area (Å²) >= 11 is 3.37. The number of hydrogen-bond acceptors (Lipinski definition) is 4. The fourth-order valence-corrected chi connectivity index (χ4v) is 5.37. The third kappa shape index (κ3) is 6.53. The summed E-state index contributed by atoms with van der Waals surface area (Å²) in [7, 11) is -3.82. The van der Waals surface area contributed by atoms with Crippen LogP contribution >= 0.6 is 15.9 Å². The minimum atomic E-state index is -3.82. The number of carbonyl (C=O) groups excluding carboxylic acids is 1. The maximum absolute atomic E-state index is 13.6. The molecule has 0 saturated carbocycles. The molecule has 6 nitrogen and oxygen atoms in total. The molecule has 4 aromatic carbocycles. The molecule has 0 spiro atoms. The van der Waals surface area contributed by atoms with Gasteiger partial charge in [0.2, 0.25) is 0 Å². The molecule has 0 heterocycles. The molecule has 1 amide bonds. The first-order chi connectivity index (χ1) is 17.3. The topological polar surface area (TPSA) is 75.7 Å². The highest BCUT2D eigenvalue weighted by atomic mass is 79.9. The summed E-state index contributed by atoms with van der Waals surface area (Å²) in [6.07, 6.45) is 0. The van der Waals surface area contributed by atoms with E-state index in [1.54, 1.807) is 60.7 Å². The van der Waals surface area contributed by atoms with Crippen LogP contribution in [0.1, 0.15) is 11.1 Å². The minimum absolute atomic E-state index is 0.173. The van der Waals surface area contributed by atoms with Gasteiger partial charge in [0.05, 0.1) is 17.1 Å². The van der Waals surface area contributed by atoms with E-state index in [2.05, 4.69) is 21.2 Å². The highest BCUT2D eigenvalue weighted by Crippen LogP contribution is 2.28. The normalized spacial score (nSPS) is 11.1. The molecule has 1 N–H and O–H groups in total. The SMILES string of the molecule is Cc1ccc(S(=O)(=O)N(Cc2ccccc2)c2ccc(OCC(=O)Nc3cccc(Br)c3)cc2)cc1. The molecule has 0 unspecified atom stereocenters. The van der Waals surface area contributed by atoms with E-state index in [0.29, 0.717) is 17.1 Å². The van der Waals surface area contributed by atoms with Crippen LogP contribution < -0.4 is 14.4 Å². The molecule has 0 fully saturated rings. The van der Waals surface area contributed by atoms with Crippen molar-refractivity contribution < 1.29 is 17.9 Å². The number of nitrogens with one attached hydrogen (secondary N) is 1. The Morgan fingerprint density at radius 1 is 0.889 bits per heavy atom. The highest BCUT2D eigenvalue weighted by Gasteiger charge is 2.25. The molecule has 0 bridgehead atoms. The zero-order valence-corrected chi connectivity index (χ0v) is 22.0. The number of nitrogens with zero attached hydrogens (tertiary/aromatic N) is 1. The molecule has 0 atom stereocenters. The Morgan fingerprint density at radius 2 is 1.58 bits per heavy atom. The van der Waals surface area contributed by atoms with Gasteiger partial charge in [0.1, 0.15) is 5.75 Å².